The van der Waals surface area contributed by atoms with E-state index in [0.29, 0.717) is 0 Å². The molecule has 4 heteroatoms. The number of nitrogens with one attached hydrogen (secondary N) is 2. The van der Waals surface area contributed by atoms with Gasteiger partial charge in [-0.3, -0.25) is 0 Å². The van der Waals surface area contributed by atoms with Crippen molar-refractivity contribution >= 4 is 23.3 Å². The lowest BCUT2D eigenvalue weighted by atomic mass is 9.80. The van der Waals surface area contributed by atoms with Crippen LogP contribution in [0.1, 0.15) is 64.7 Å². The van der Waals surface area contributed by atoms with Crippen molar-refractivity contribution in [2.45, 2.75) is 58.8 Å². The molecule has 2 aromatic carbocycles. The summed E-state index contributed by atoms with van der Waals surface area (Å²) < 4.78 is 2.30. The Morgan fingerprint density at radius 1 is 0.972 bits per heavy atom. The second-order valence-corrected chi connectivity index (χ2v) is 11.3. The molecule has 0 bridgehead atoms. The molecule has 2 aliphatic heterocycles. The van der Waals surface area contributed by atoms with Crippen molar-refractivity contribution in [2.24, 2.45) is 0 Å². The van der Waals surface area contributed by atoms with E-state index in [1.807, 2.05) is 6.07 Å². The first-order valence-corrected chi connectivity index (χ1v) is 13.5. The zero-order chi connectivity index (χ0) is 26.1. The molecule has 0 aliphatic carbocycles. The van der Waals surface area contributed by atoms with E-state index in [0.717, 1.165) is 12.1 Å². The number of fused-ring (bicyclic) bond motifs is 2. The molecule has 2 aliphatic rings. The summed E-state index contributed by atoms with van der Waals surface area (Å²) in [5.74, 6) is 0. The van der Waals surface area contributed by atoms with E-state index in [1.165, 1.54) is 66.2 Å². The van der Waals surface area contributed by atoms with Gasteiger partial charge >= 0.3 is 0 Å². The van der Waals surface area contributed by atoms with Gasteiger partial charge in [-0.15, -0.1) is 0 Å². The number of nitrogens with zero attached hydrogens (tertiary/aromatic N) is 2. The Balaban J connectivity index is 1.65. The third-order valence-electron chi connectivity index (χ3n) is 8.44. The standard InChI is InChI=1S/C32H43N4/c1-8-35(9-2)20-13-21-36-28-15-11-10-14-25(28)31(3,4)30(36)17-12-16-29-32(5,6)26-22-24(23-33)18-19-27(26)34(29)7/h10-12,14-19,22-23,33H,8-9,13,20-21H2,1-7H3/q+1/p+1. The van der Waals surface area contributed by atoms with Gasteiger partial charge in [0.1, 0.15) is 7.05 Å². The molecule has 2 aromatic rings. The normalized spacial score (nSPS) is 19.0. The van der Waals surface area contributed by atoms with Crippen LogP contribution in [0.25, 0.3) is 0 Å². The van der Waals surface area contributed by atoms with Crippen molar-refractivity contribution in [3.63, 3.8) is 0 Å². The summed E-state index contributed by atoms with van der Waals surface area (Å²) in [7, 11) is 2.15. The number of allylic oxidation sites excluding steroid dienone is 4. The van der Waals surface area contributed by atoms with E-state index in [1.54, 1.807) is 4.90 Å². The minimum Gasteiger partial charge on any atom is -0.344 e. The number of para-hydroxylation sites is 1. The van der Waals surface area contributed by atoms with Gasteiger partial charge in [-0.2, -0.15) is 4.58 Å². The van der Waals surface area contributed by atoms with Gasteiger partial charge < -0.3 is 15.2 Å². The van der Waals surface area contributed by atoms with Crippen LogP contribution >= 0.6 is 0 Å². The van der Waals surface area contributed by atoms with E-state index in [-0.39, 0.29) is 10.8 Å². The maximum Gasteiger partial charge on any atom is 0.209 e. The second-order valence-electron chi connectivity index (χ2n) is 11.3. The van der Waals surface area contributed by atoms with Crippen molar-refractivity contribution in [3.8, 4) is 0 Å². The van der Waals surface area contributed by atoms with Crippen LogP contribution in [0.15, 0.2) is 66.4 Å². The van der Waals surface area contributed by atoms with Crippen LogP contribution in [0.5, 0.6) is 0 Å². The van der Waals surface area contributed by atoms with Gasteiger partial charge in [-0.1, -0.05) is 38.1 Å². The third kappa shape index (κ3) is 4.48. The van der Waals surface area contributed by atoms with Gasteiger partial charge in [0.25, 0.3) is 0 Å². The van der Waals surface area contributed by atoms with Crippen LogP contribution in [0.4, 0.5) is 11.4 Å². The molecule has 0 spiro atoms. The highest BCUT2D eigenvalue weighted by Crippen LogP contribution is 2.47. The molecule has 0 fully saturated rings. The predicted molar refractivity (Wildman–Crippen MR) is 154 cm³/mol. The number of rotatable bonds is 9. The SMILES string of the molecule is CC[NH+](CC)CCCN1C(=CC=CC2=[N+](C)c3ccc(C=N)cc3C2(C)C)C(C)(C)c2ccccc21. The maximum atomic E-state index is 7.67. The largest absolute Gasteiger partial charge is 0.344 e. The Labute approximate surface area is 218 Å². The number of anilines is 1. The molecule has 4 rings (SSSR count). The highest BCUT2D eigenvalue weighted by atomic mass is 15.2. The fourth-order valence-corrected chi connectivity index (χ4v) is 6.15. The molecular formula is C32H44N4+2. The van der Waals surface area contributed by atoms with Gasteiger partial charge in [0.2, 0.25) is 5.69 Å². The molecule has 2 heterocycles. The summed E-state index contributed by atoms with van der Waals surface area (Å²) in [6, 6.07) is 15.3. The van der Waals surface area contributed by atoms with Crippen LogP contribution in [0.3, 0.4) is 0 Å². The van der Waals surface area contributed by atoms with E-state index in [2.05, 4.69) is 113 Å². The van der Waals surface area contributed by atoms with Gasteiger partial charge in [0, 0.05) is 53.7 Å². The van der Waals surface area contributed by atoms with Crippen LogP contribution < -0.4 is 9.80 Å². The lowest BCUT2D eigenvalue weighted by Crippen LogP contribution is -3.11. The monoisotopic (exact) mass is 484 g/mol. The minimum absolute atomic E-state index is 0.0351. The van der Waals surface area contributed by atoms with Crippen molar-refractivity contribution in [1.82, 2.24) is 0 Å². The number of quaternary nitrogens is 1. The van der Waals surface area contributed by atoms with Crippen molar-refractivity contribution < 1.29 is 9.48 Å². The summed E-state index contributed by atoms with van der Waals surface area (Å²) in [4.78, 5) is 4.22. The highest BCUT2D eigenvalue weighted by Gasteiger charge is 2.43. The van der Waals surface area contributed by atoms with Gasteiger partial charge in [0.05, 0.1) is 25.0 Å². The lowest BCUT2D eigenvalue weighted by Gasteiger charge is -2.27. The average molecular weight is 485 g/mol. The van der Waals surface area contributed by atoms with Gasteiger partial charge in [0.15, 0.2) is 5.71 Å². The molecule has 0 unspecified atom stereocenters. The van der Waals surface area contributed by atoms with E-state index in [4.69, 9.17) is 5.41 Å². The second kappa shape index (κ2) is 10.2. The molecule has 0 atom stereocenters. The molecule has 190 valence electrons. The van der Waals surface area contributed by atoms with E-state index >= 15 is 0 Å². The molecule has 0 radical (unpaired) electrons. The van der Waals surface area contributed by atoms with Crippen LogP contribution in [-0.4, -0.2) is 49.7 Å². The van der Waals surface area contributed by atoms with Gasteiger partial charge in [-0.25, -0.2) is 0 Å². The number of hydrogen-bond donors (Lipinski definition) is 2. The van der Waals surface area contributed by atoms with Crippen LogP contribution in [0, 0.1) is 5.41 Å². The fourth-order valence-electron chi connectivity index (χ4n) is 6.15. The molecule has 2 N–H and O–H groups in total. The smallest absolute Gasteiger partial charge is 0.209 e. The maximum absolute atomic E-state index is 7.67. The zero-order valence-corrected chi connectivity index (χ0v) is 23.3. The molecular weight excluding hydrogens is 440 g/mol. The first-order chi connectivity index (χ1) is 17.2. The van der Waals surface area contributed by atoms with Crippen LogP contribution in [-0.2, 0) is 10.8 Å². The summed E-state index contributed by atoms with van der Waals surface area (Å²) in [5.41, 5.74) is 8.74. The van der Waals surface area contributed by atoms with E-state index < -0.39 is 0 Å². The Morgan fingerprint density at radius 2 is 1.69 bits per heavy atom. The molecule has 0 amide bonds. The number of benzene rings is 2. The molecule has 0 aromatic heterocycles. The van der Waals surface area contributed by atoms with Crippen molar-refractivity contribution in [3.05, 3.63) is 83.1 Å². The Morgan fingerprint density at radius 3 is 2.39 bits per heavy atom. The lowest BCUT2D eigenvalue weighted by molar-refractivity contribution is -0.896. The van der Waals surface area contributed by atoms with Gasteiger partial charge in [-0.05, 0) is 63.1 Å². The van der Waals surface area contributed by atoms with Crippen LogP contribution in [0.2, 0.25) is 0 Å². The van der Waals surface area contributed by atoms with Crippen molar-refractivity contribution in [2.75, 3.05) is 38.1 Å². The highest BCUT2D eigenvalue weighted by molar-refractivity contribution is 6.03. The summed E-state index contributed by atoms with van der Waals surface area (Å²) >= 11 is 0. The summed E-state index contributed by atoms with van der Waals surface area (Å²) in [6.45, 7) is 18.5. The minimum atomic E-state index is -0.113. The quantitative estimate of drug-likeness (QED) is 0.370. The van der Waals surface area contributed by atoms with Crippen molar-refractivity contribution in [1.29, 1.82) is 5.41 Å². The first-order valence-electron chi connectivity index (χ1n) is 13.5. The average Bonchev–Trinajstić information content (AvgIpc) is 3.20. The molecule has 0 saturated carbocycles. The summed E-state index contributed by atoms with van der Waals surface area (Å²) in [5, 5.41) is 7.67. The Kier molecular flexibility index (Phi) is 7.38. The van der Waals surface area contributed by atoms with E-state index in [9.17, 15) is 0 Å². The zero-order valence-electron chi connectivity index (χ0n) is 23.3. The molecule has 4 nitrogen and oxygen atoms in total. The Bertz CT molecular complexity index is 1220. The summed E-state index contributed by atoms with van der Waals surface area (Å²) in [6.07, 6.45) is 9.50. The number of hydrogen-bond acceptors (Lipinski definition) is 2. The fraction of sp³-hybridized carbons (Fsp3) is 0.438. The first kappa shape index (κ1) is 26.1. The molecule has 0 saturated heterocycles. The topological polar surface area (TPSA) is 34.5 Å². The predicted octanol–water partition coefficient (Wildman–Crippen LogP) is 5.24. The Hall–Kier alpha value is -2.98. The molecule has 36 heavy (non-hydrogen) atoms. The third-order valence-corrected chi connectivity index (χ3v) is 8.44.